The van der Waals surface area contributed by atoms with E-state index in [1.165, 1.54) is 0 Å². The Labute approximate surface area is 178 Å². The van der Waals surface area contributed by atoms with Crippen LogP contribution in [0, 0.1) is 6.92 Å². The Bertz CT molecular complexity index is 1080. The lowest BCUT2D eigenvalue weighted by molar-refractivity contribution is 0.0991. The van der Waals surface area contributed by atoms with Crippen LogP contribution in [0.4, 0.5) is 5.69 Å². The molecular weight excluding hydrogens is 402 g/mol. The van der Waals surface area contributed by atoms with Gasteiger partial charge in [-0.15, -0.1) is 0 Å². The molecular formula is C23H25NO5S. The zero-order valence-electron chi connectivity index (χ0n) is 17.1. The van der Waals surface area contributed by atoms with Crippen LogP contribution < -0.4 is 10.1 Å². The van der Waals surface area contributed by atoms with Gasteiger partial charge in [0, 0.05) is 51.7 Å². The standard InChI is InChI=1S/C23H25NO5S/c1-15-19-7-4-8-20(27-2)22(19)29-21(15)23(25)24-17-6-3-5-16(13-17)14-30(26)18-9-11-28-12-10-18/h3-8,13,18H,9-12,14H2,1-2H3,(H,24,25). The molecule has 1 unspecified atom stereocenters. The van der Waals surface area contributed by atoms with E-state index >= 15 is 0 Å². The number of hydrogen-bond donors (Lipinski definition) is 1. The average Bonchev–Trinajstić information content (AvgIpc) is 3.11. The van der Waals surface area contributed by atoms with Crippen molar-refractivity contribution in [1.82, 2.24) is 0 Å². The van der Waals surface area contributed by atoms with E-state index in [4.69, 9.17) is 13.9 Å². The Hall–Kier alpha value is -2.64. The Balaban J connectivity index is 1.50. The smallest absolute Gasteiger partial charge is 0.291 e. The first-order chi connectivity index (χ1) is 14.6. The number of carbonyl (C=O) groups excluding carboxylic acids is 1. The molecule has 6 nitrogen and oxygen atoms in total. The van der Waals surface area contributed by atoms with Crippen molar-refractivity contribution in [3.63, 3.8) is 0 Å². The second-order valence-electron chi connectivity index (χ2n) is 7.38. The van der Waals surface area contributed by atoms with E-state index in [0.717, 1.165) is 29.4 Å². The summed E-state index contributed by atoms with van der Waals surface area (Å²) in [4.78, 5) is 12.9. The number of nitrogens with one attached hydrogen (secondary N) is 1. The van der Waals surface area contributed by atoms with E-state index in [1.54, 1.807) is 13.2 Å². The van der Waals surface area contributed by atoms with Crippen molar-refractivity contribution >= 4 is 33.4 Å². The van der Waals surface area contributed by atoms with Crippen LogP contribution in [0.2, 0.25) is 0 Å². The lowest BCUT2D eigenvalue weighted by atomic mass is 10.1. The minimum absolute atomic E-state index is 0.171. The fraction of sp³-hybridized carbons (Fsp3) is 0.348. The lowest BCUT2D eigenvalue weighted by Crippen LogP contribution is -2.25. The molecule has 0 bridgehead atoms. The largest absolute Gasteiger partial charge is 0.493 e. The van der Waals surface area contributed by atoms with E-state index in [2.05, 4.69) is 5.32 Å². The number of hydrogen-bond acceptors (Lipinski definition) is 5. The minimum atomic E-state index is -0.957. The third kappa shape index (κ3) is 4.27. The number of carbonyl (C=O) groups is 1. The molecule has 1 amide bonds. The van der Waals surface area contributed by atoms with E-state index in [0.29, 0.717) is 36.0 Å². The molecule has 0 radical (unpaired) electrons. The second-order valence-corrected chi connectivity index (χ2v) is 9.10. The molecule has 30 heavy (non-hydrogen) atoms. The number of aryl methyl sites for hydroxylation is 1. The summed E-state index contributed by atoms with van der Waals surface area (Å²) >= 11 is 0. The number of anilines is 1. The Kier molecular flexibility index (Phi) is 6.20. The number of amides is 1. The Morgan fingerprint density at radius 3 is 2.73 bits per heavy atom. The van der Waals surface area contributed by atoms with E-state index < -0.39 is 10.8 Å². The highest BCUT2D eigenvalue weighted by Gasteiger charge is 2.22. The van der Waals surface area contributed by atoms with Crippen LogP contribution in [0.1, 0.15) is 34.5 Å². The van der Waals surface area contributed by atoms with Crippen molar-refractivity contribution < 1.29 is 22.9 Å². The maximum absolute atomic E-state index is 12.9. The van der Waals surface area contributed by atoms with Gasteiger partial charge in [-0.1, -0.05) is 24.3 Å². The molecule has 1 N–H and O–H groups in total. The number of furan rings is 1. The van der Waals surface area contributed by atoms with Gasteiger partial charge in [0.25, 0.3) is 5.91 Å². The molecule has 4 rings (SSSR count). The summed E-state index contributed by atoms with van der Waals surface area (Å²) < 4.78 is 29.2. The molecule has 1 fully saturated rings. The third-order valence-electron chi connectivity index (χ3n) is 5.39. The molecule has 0 saturated carbocycles. The normalized spacial score (nSPS) is 15.8. The predicted molar refractivity (Wildman–Crippen MR) is 118 cm³/mol. The summed E-state index contributed by atoms with van der Waals surface area (Å²) in [5, 5.41) is 3.92. The maximum Gasteiger partial charge on any atom is 0.291 e. The highest BCUT2D eigenvalue weighted by atomic mass is 32.2. The SMILES string of the molecule is COc1cccc2c(C)c(C(=O)Nc3cccc(CS(=O)C4CCOCC4)c3)oc12. The predicted octanol–water partition coefficient (Wildman–Crippen LogP) is 4.43. The molecule has 1 aliphatic rings. The summed E-state index contributed by atoms with van der Waals surface area (Å²) in [5.41, 5.74) is 2.90. The zero-order valence-corrected chi connectivity index (χ0v) is 17.9. The number of para-hydroxylation sites is 1. The van der Waals surface area contributed by atoms with E-state index in [9.17, 15) is 9.00 Å². The van der Waals surface area contributed by atoms with Gasteiger partial charge in [-0.25, -0.2) is 0 Å². The first kappa shape index (κ1) is 20.6. The monoisotopic (exact) mass is 427 g/mol. The zero-order chi connectivity index (χ0) is 21.1. The summed E-state index contributed by atoms with van der Waals surface area (Å²) in [5.74, 6) is 0.987. The van der Waals surface area contributed by atoms with Crippen LogP contribution in [-0.2, 0) is 21.3 Å². The van der Waals surface area contributed by atoms with Gasteiger partial charge in [0.05, 0.1) is 7.11 Å². The van der Waals surface area contributed by atoms with Crippen LogP contribution in [0.15, 0.2) is 46.9 Å². The Morgan fingerprint density at radius 1 is 1.20 bits per heavy atom. The molecule has 1 atom stereocenters. The van der Waals surface area contributed by atoms with Gasteiger partial charge >= 0.3 is 0 Å². The van der Waals surface area contributed by atoms with Gasteiger partial charge in [0.1, 0.15) is 0 Å². The topological polar surface area (TPSA) is 77.8 Å². The van der Waals surface area contributed by atoms with Crippen molar-refractivity contribution in [2.75, 3.05) is 25.6 Å². The van der Waals surface area contributed by atoms with Crippen LogP contribution in [0.5, 0.6) is 5.75 Å². The van der Waals surface area contributed by atoms with Crippen molar-refractivity contribution in [2.45, 2.75) is 30.8 Å². The molecule has 7 heteroatoms. The number of ether oxygens (including phenoxy) is 2. The third-order valence-corrected chi connectivity index (χ3v) is 7.22. The molecule has 2 heterocycles. The van der Waals surface area contributed by atoms with Gasteiger partial charge < -0.3 is 19.2 Å². The fourth-order valence-corrected chi connectivity index (χ4v) is 5.20. The first-order valence-electron chi connectivity index (χ1n) is 9.98. The Morgan fingerprint density at radius 2 is 1.97 bits per heavy atom. The minimum Gasteiger partial charge on any atom is -0.493 e. The maximum atomic E-state index is 12.9. The highest BCUT2D eigenvalue weighted by molar-refractivity contribution is 7.84. The van der Waals surface area contributed by atoms with Crippen molar-refractivity contribution in [3.05, 3.63) is 59.4 Å². The molecule has 0 spiro atoms. The van der Waals surface area contributed by atoms with Gasteiger partial charge in [-0.05, 0) is 43.5 Å². The number of fused-ring (bicyclic) bond motifs is 1. The van der Waals surface area contributed by atoms with Gasteiger partial charge in [0.15, 0.2) is 17.1 Å². The molecule has 1 aliphatic heterocycles. The summed E-state index contributed by atoms with van der Waals surface area (Å²) in [6, 6.07) is 13.1. The van der Waals surface area contributed by atoms with Gasteiger partial charge in [-0.2, -0.15) is 0 Å². The van der Waals surface area contributed by atoms with Crippen LogP contribution in [-0.4, -0.2) is 35.7 Å². The van der Waals surface area contributed by atoms with Crippen molar-refractivity contribution in [3.8, 4) is 5.75 Å². The summed E-state index contributed by atoms with van der Waals surface area (Å²) in [6.45, 7) is 3.20. The number of methoxy groups -OCH3 is 1. The highest BCUT2D eigenvalue weighted by Crippen LogP contribution is 2.32. The van der Waals surface area contributed by atoms with Gasteiger partial charge in [-0.3, -0.25) is 9.00 Å². The summed E-state index contributed by atoms with van der Waals surface area (Å²) in [6.07, 6.45) is 1.66. The van der Waals surface area contributed by atoms with Crippen molar-refractivity contribution in [1.29, 1.82) is 0 Å². The lowest BCUT2D eigenvalue weighted by Gasteiger charge is -2.21. The van der Waals surface area contributed by atoms with E-state index in [-0.39, 0.29) is 16.9 Å². The molecule has 0 aliphatic carbocycles. The number of benzene rings is 2. The fourth-order valence-electron chi connectivity index (χ4n) is 3.74. The molecule has 2 aromatic carbocycles. The van der Waals surface area contributed by atoms with Crippen LogP contribution in [0.3, 0.4) is 0 Å². The van der Waals surface area contributed by atoms with Crippen LogP contribution >= 0.6 is 0 Å². The molecule has 3 aromatic rings. The van der Waals surface area contributed by atoms with E-state index in [1.807, 2.05) is 43.3 Å². The quantitative estimate of drug-likeness (QED) is 0.630. The second kappa shape index (κ2) is 9.02. The summed E-state index contributed by atoms with van der Waals surface area (Å²) in [7, 11) is 0.614. The first-order valence-corrected chi connectivity index (χ1v) is 11.4. The molecule has 1 saturated heterocycles. The van der Waals surface area contributed by atoms with Crippen molar-refractivity contribution in [2.24, 2.45) is 0 Å². The molecule has 1 aromatic heterocycles. The molecule has 158 valence electrons. The van der Waals surface area contributed by atoms with Gasteiger partial charge in [0.2, 0.25) is 0 Å². The number of rotatable bonds is 6. The average molecular weight is 428 g/mol. The van der Waals surface area contributed by atoms with Crippen LogP contribution in [0.25, 0.3) is 11.0 Å².